The van der Waals surface area contributed by atoms with Crippen LogP contribution >= 0.6 is 23.4 Å². The third-order valence-corrected chi connectivity index (χ3v) is 7.79. The molecule has 0 radical (unpaired) electrons. The van der Waals surface area contributed by atoms with Crippen LogP contribution in [0.5, 0.6) is 0 Å². The van der Waals surface area contributed by atoms with Crippen molar-refractivity contribution in [3.8, 4) is 0 Å². The Kier molecular flexibility index (Phi) is 11.8. The van der Waals surface area contributed by atoms with Crippen molar-refractivity contribution in [3.63, 3.8) is 0 Å². The molecule has 0 aliphatic rings. The highest BCUT2D eigenvalue weighted by Crippen LogP contribution is 2.31. The van der Waals surface area contributed by atoms with E-state index >= 15 is 0 Å². The van der Waals surface area contributed by atoms with Crippen molar-refractivity contribution in [2.24, 2.45) is 4.99 Å². The molecule has 4 aromatic rings. The van der Waals surface area contributed by atoms with Gasteiger partial charge in [-0.3, -0.25) is 19.4 Å². The summed E-state index contributed by atoms with van der Waals surface area (Å²) in [5.41, 5.74) is 1.52. The number of anilines is 2. The molecule has 0 aliphatic carbocycles. The largest absolute Gasteiger partial charge is 0.481 e. The number of aliphatic carboxylic acids is 1. The summed E-state index contributed by atoms with van der Waals surface area (Å²) >= 11 is 7.67. The van der Waals surface area contributed by atoms with Gasteiger partial charge >= 0.3 is 12.1 Å². The van der Waals surface area contributed by atoms with E-state index in [2.05, 4.69) is 20.9 Å². The third kappa shape index (κ3) is 10.5. The molecule has 4 rings (SSSR count). The SMILES string of the molecule is C/N=C(\C=C/Nc1cccc(C(F)(F)F)c1)NC(=O)c1cc(Cl)ccc1NC(=O)c1cccc(CSc2cccc(CC(=O)O)c2)c1. The molecule has 47 heavy (non-hydrogen) atoms. The lowest BCUT2D eigenvalue weighted by molar-refractivity contribution is -0.138. The number of hydrogen-bond acceptors (Lipinski definition) is 6. The Bertz CT molecular complexity index is 1850. The number of alkyl halides is 3. The molecule has 0 unspecified atom stereocenters. The third-order valence-electron chi connectivity index (χ3n) is 6.49. The minimum Gasteiger partial charge on any atom is -0.481 e. The van der Waals surface area contributed by atoms with Gasteiger partial charge < -0.3 is 21.1 Å². The molecule has 4 aromatic carbocycles. The zero-order valence-electron chi connectivity index (χ0n) is 24.8. The number of hydrogen-bond donors (Lipinski definition) is 4. The van der Waals surface area contributed by atoms with Gasteiger partial charge in [-0.1, -0.05) is 41.9 Å². The number of halogens is 4. The highest BCUT2D eigenvalue weighted by molar-refractivity contribution is 7.98. The molecule has 0 aliphatic heterocycles. The van der Waals surface area contributed by atoms with E-state index in [4.69, 9.17) is 16.7 Å². The topological polar surface area (TPSA) is 120 Å². The zero-order valence-corrected chi connectivity index (χ0v) is 26.3. The van der Waals surface area contributed by atoms with Crippen molar-refractivity contribution >= 4 is 58.4 Å². The Morgan fingerprint density at radius 1 is 0.915 bits per heavy atom. The van der Waals surface area contributed by atoms with E-state index in [0.29, 0.717) is 16.9 Å². The quantitative estimate of drug-likeness (QED) is 0.0726. The summed E-state index contributed by atoms with van der Waals surface area (Å²) in [5, 5.41) is 17.4. The summed E-state index contributed by atoms with van der Waals surface area (Å²) in [6.07, 6.45) is -1.86. The fourth-order valence-electron chi connectivity index (χ4n) is 4.25. The summed E-state index contributed by atoms with van der Waals surface area (Å²) in [6, 6.07) is 23.3. The second-order valence-electron chi connectivity index (χ2n) is 9.97. The molecular formula is C34H28ClF3N4O4S. The first-order valence-corrected chi connectivity index (χ1v) is 15.3. The van der Waals surface area contributed by atoms with Gasteiger partial charge in [-0.15, -0.1) is 11.8 Å². The summed E-state index contributed by atoms with van der Waals surface area (Å²) in [5.74, 6) is -1.39. The number of thioether (sulfide) groups is 1. The van der Waals surface area contributed by atoms with Gasteiger partial charge in [0.1, 0.15) is 5.84 Å². The average molecular weight is 681 g/mol. The first kappa shape index (κ1) is 34.8. The van der Waals surface area contributed by atoms with Gasteiger partial charge in [0.05, 0.1) is 23.2 Å². The van der Waals surface area contributed by atoms with Crippen LogP contribution in [-0.2, 0) is 23.1 Å². The summed E-state index contributed by atoms with van der Waals surface area (Å²) < 4.78 is 39.0. The maximum absolute atomic E-state index is 13.2. The predicted octanol–water partition coefficient (Wildman–Crippen LogP) is 7.91. The van der Waals surface area contributed by atoms with Crippen molar-refractivity contribution in [2.45, 2.75) is 23.2 Å². The molecule has 242 valence electrons. The number of carboxylic acid groups (broad SMARTS) is 1. The number of amides is 2. The molecule has 13 heteroatoms. The van der Waals surface area contributed by atoms with Gasteiger partial charge in [-0.25, -0.2) is 0 Å². The lowest BCUT2D eigenvalue weighted by Crippen LogP contribution is -2.30. The number of aliphatic imine (C=N–C) groups is 1. The van der Waals surface area contributed by atoms with Crippen molar-refractivity contribution in [2.75, 3.05) is 17.7 Å². The van der Waals surface area contributed by atoms with Crippen LogP contribution in [-0.4, -0.2) is 35.8 Å². The van der Waals surface area contributed by atoms with Crippen LogP contribution in [0.15, 0.2) is 113 Å². The Labute approximate surface area is 277 Å². The Morgan fingerprint density at radius 2 is 1.66 bits per heavy atom. The maximum atomic E-state index is 13.2. The van der Waals surface area contributed by atoms with Crippen molar-refractivity contribution in [1.82, 2.24) is 5.32 Å². The summed E-state index contributed by atoms with van der Waals surface area (Å²) in [4.78, 5) is 42.4. The average Bonchev–Trinajstić information content (AvgIpc) is 3.03. The number of nitrogens with zero attached hydrogens (tertiary/aromatic N) is 1. The van der Waals surface area contributed by atoms with E-state index in [1.807, 2.05) is 18.2 Å². The van der Waals surface area contributed by atoms with Crippen molar-refractivity contribution in [1.29, 1.82) is 0 Å². The highest BCUT2D eigenvalue weighted by atomic mass is 35.5. The van der Waals surface area contributed by atoms with E-state index in [1.165, 1.54) is 61.4 Å². The van der Waals surface area contributed by atoms with Crippen LogP contribution in [0.25, 0.3) is 0 Å². The fourth-order valence-corrected chi connectivity index (χ4v) is 5.35. The lowest BCUT2D eigenvalue weighted by atomic mass is 10.1. The smallest absolute Gasteiger partial charge is 0.416 e. The maximum Gasteiger partial charge on any atom is 0.416 e. The second-order valence-corrected chi connectivity index (χ2v) is 11.5. The van der Waals surface area contributed by atoms with Gasteiger partial charge in [-0.2, -0.15) is 13.2 Å². The van der Waals surface area contributed by atoms with E-state index < -0.39 is 29.5 Å². The van der Waals surface area contributed by atoms with Crippen molar-refractivity contribution in [3.05, 3.63) is 136 Å². The number of nitrogens with one attached hydrogen (secondary N) is 3. The fraction of sp³-hybridized carbons (Fsp3) is 0.118. The molecule has 0 fully saturated rings. The molecule has 0 heterocycles. The first-order chi connectivity index (χ1) is 22.4. The van der Waals surface area contributed by atoms with Crippen LogP contribution in [0.4, 0.5) is 24.5 Å². The van der Waals surface area contributed by atoms with E-state index in [-0.39, 0.29) is 34.2 Å². The highest BCUT2D eigenvalue weighted by Gasteiger charge is 2.30. The van der Waals surface area contributed by atoms with Crippen LogP contribution < -0.4 is 16.0 Å². The minimum atomic E-state index is -4.49. The number of amidine groups is 1. The molecule has 2 amide bonds. The number of carbonyl (C=O) groups excluding carboxylic acids is 2. The number of rotatable bonds is 11. The van der Waals surface area contributed by atoms with Crippen LogP contribution in [0, 0.1) is 0 Å². The lowest BCUT2D eigenvalue weighted by Gasteiger charge is -2.13. The molecule has 8 nitrogen and oxygen atoms in total. The first-order valence-electron chi connectivity index (χ1n) is 13.9. The molecule has 4 N–H and O–H groups in total. The number of benzene rings is 4. The minimum absolute atomic E-state index is 0.0548. The van der Waals surface area contributed by atoms with E-state index in [1.54, 1.807) is 30.3 Å². The molecule has 0 saturated heterocycles. The van der Waals surface area contributed by atoms with Gasteiger partial charge in [0.25, 0.3) is 11.8 Å². The van der Waals surface area contributed by atoms with Gasteiger partial charge in [0.15, 0.2) is 0 Å². The Balaban J connectivity index is 1.41. The molecular weight excluding hydrogens is 653 g/mol. The Morgan fingerprint density at radius 3 is 2.40 bits per heavy atom. The predicted molar refractivity (Wildman–Crippen MR) is 178 cm³/mol. The van der Waals surface area contributed by atoms with Crippen LogP contribution in [0.2, 0.25) is 5.02 Å². The van der Waals surface area contributed by atoms with E-state index in [9.17, 15) is 27.6 Å². The van der Waals surface area contributed by atoms with Crippen molar-refractivity contribution < 1.29 is 32.7 Å². The molecule has 0 aromatic heterocycles. The second kappa shape index (κ2) is 16.0. The number of carbonyl (C=O) groups is 3. The summed E-state index contributed by atoms with van der Waals surface area (Å²) in [6.45, 7) is 0. The molecule has 0 atom stereocenters. The van der Waals surface area contributed by atoms with Gasteiger partial charge in [0.2, 0.25) is 0 Å². The monoisotopic (exact) mass is 680 g/mol. The van der Waals surface area contributed by atoms with Gasteiger partial charge in [-0.05, 0) is 77.9 Å². The van der Waals surface area contributed by atoms with E-state index in [0.717, 1.165) is 22.6 Å². The standard InChI is InChI=1S/C34H28ClF3N4O4S/c1-39-30(13-14-40-26-9-4-8-24(18-26)34(36,37)38)42-33(46)28-19-25(35)11-12-29(28)41-32(45)23-7-2-6-22(15-23)20-47-27-10-3-5-21(16-27)17-31(43)44/h2-16,18-19,40H,17,20H2,1H3,(H,41,45)(H,43,44)(H,39,42,46)/b14-13-. The van der Waals surface area contributed by atoms with Crippen LogP contribution in [0.1, 0.15) is 37.4 Å². The zero-order chi connectivity index (χ0) is 34.0. The number of carboxylic acids is 1. The molecule has 0 saturated carbocycles. The van der Waals surface area contributed by atoms with Crippen LogP contribution in [0.3, 0.4) is 0 Å². The van der Waals surface area contributed by atoms with Gasteiger partial charge in [0, 0.05) is 40.2 Å². The summed E-state index contributed by atoms with van der Waals surface area (Å²) in [7, 11) is 1.42. The molecule has 0 bridgehead atoms. The normalized spacial score (nSPS) is 11.7. The Hall–Kier alpha value is -5.07. The molecule has 0 spiro atoms.